The van der Waals surface area contributed by atoms with Crippen LogP contribution in [-0.2, 0) is 27.2 Å². The van der Waals surface area contributed by atoms with Crippen molar-refractivity contribution in [3.05, 3.63) is 34.9 Å². The van der Waals surface area contributed by atoms with Gasteiger partial charge in [-0.3, -0.25) is 4.79 Å². The molecule has 0 aliphatic heterocycles. The van der Waals surface area contributed by atoms with Gasteiger partial charge in [0.25, 0.3) is 0 Å². The molecule has 0 saturated carbocycles. The Morgan fingerprint density at radius 2 is 2.05 bits per heavy atom. The Kier molecular flexibility index (Phi) is 5.51. The van der Waals surface area contributed by atoms with Crippen LogP contribution in [0.2, 0.25) is 0 Å². The summed E-state index contributed by atoms with van der Waals surface area (Å²) < 4.78 is 4.58. The molecule has 0 amide bonds. The van der Waals surface area contributed by atoms with Crippen molar-refractivity contribution in [2.75, 3.05) is 7.11 Å². The van der Waals surface area contributed by atoms with Gasteiger partial charge in [0.2, 0.25) is 0 Å². The highest BCUT2D eigenvalue weighted by Gasteiger charge is 2.21. The second-order valence-corrected chi connectivity index (χ2v) is 4.16. The first-order valence-electron chi connectivity index (χ1n) is 6.09. The molecule has 0 saturated heterocycles. The van der Waals surface area contributed by atoms with Crippen molar-refractivity contribution >= 4 is 11.9 Å². The number of carboxylic acid groups (broad SMARTS) is 1. The third-order valence-corrected chi connectivity index (χ3v) is 3.03. The van der Waals surface area contributed by atoms with Gasteiger partial charge in [0, 0.05) is 6.42 Å². The van der Waals surface area contributed by atoms with E-state index in [0.717, 1.165) is 5.56 Å². The molecule has 0 fully saturated rings. The standard InChI is InChI=1S/C14H18O5/c1-3-9-5-4-6-11(13(16)14(17)18)10(9)7-8-12(15)19-2/h4-6,13,16H,3,7-8H2,1-2H3,(H,17,18). The quantitative estimate of drug-likeness (QED) is 0.762. The second kappa shape index (κ2) is 6.89. The van der Waals surface area contributed by atoms with Gasteiger partial charge in [-0.15, -0.1) is 0 Å². The number of rotatable bonds is 6. The van der Waals surface area contributed by atoms with Crippen molar-refractivity contribution in [2.24, 2.45) is 0 Å². The second-order valence-electron chi connectivity index (χ2n) is 4.16. The van der Waals surface area contributed by atoms with Crippen molar-refractivity contribution < 1.29 is 24.5 Å². The predicted octanol–water partition coefficient (Wildman–Crippen LogP) is 1.47. The molecule has 1 atom stereocenters. The average Bonchev–Trinajstić information content (AvgIpc) is 2.43. The van der Waals surface area contributed by atoms with Crippen LogP contribution in [0.25, 0.3) is 0 Å². The number of hydrogen-bond acceptors (Lipinski definition) is 4. The summed E-state index contributed by atoms with van der Waals surface area (Å²) in [5.41, 5.74) is 1.99. The summed E-state index contributed by atoms with van der Waals surface area (Å²) in [5.74, 6) is -1.66. The topological polar surface area (TPSA) is 83.8 Å². The van der Waals surface area contributed by atoms with E-state index in [1.807, 2.05) is 13.0 Å². The van der Waals surface area contributed by atoms with Crippen LogP contribution < -0.4 is 0 Å². The number of ether oxygens (including phenoxy) is 1. The molecule has 0 spiro atoms. The van der Waals surface area contributed by atoms with E-state index in [-0.39, 0.29) is 12.4 Å². The predicted molar refractivity (Wildman–Crippen MR) is 68.8 cm³/mol. The largest absolute Gasteiger partial charge is 0.479 e. The molecule has 1 rings (SSSR count). The Morgan fingerprint density at radius 1 is 1.37 bits per heavy atom. The highest BCUT2D eigenvalue weighted by molar-refractivity contribution is 5.75. The van der Waals surface area contributed by atoms with Gasteiger partial charge < -0.3 is 14.9 Å². The van der Waals surface area contributed by atoms with E-state index >= 15 is 0 Å². The Bertz CT molecular complexity index is 467. The maximum Gasteiger partial charge on any atom is 0.337 e. The van der Waals surface area contributed by atoms with E-state index in [9.17, 15) is 14.7 Å². The summed E-state index contributed by atoms with van der Waals surface area (Å²) in [5, 5.41) is 18.6. The first-order chi connectivity index (χ1) is 9.01. The highest BCUT2D eigenvalue weighted by Crippen LogP contribution is 2.24. The normalized spacial score (nSPS) is 11.9. The minimum Gasteiger partial charge on any atom is -0.479 e. The van der Waals surface area contributed by atoms with E-state index in [1.165, 1.54) is 7.11 Å². The zero-order chi connectivity index (χ0) is 14.4. The molecule has 0 radical (unpaired) electrons. The lowest BCUT2D eigenvalue weighted by atomic mass is 9.92. The zero-order valence-electron chi connectivity index (χ0n) is 11.0. The first-order valence-corrected chi connectivity index (χ1v) is 6.09. The minimum absolute atomic E-state index is 0.160. The maximum absolute atomic E-state index is 11.2. The molecule has 0 heterocycles. The fourth-order valence-corrected chi connectivity index (χ4v) is 2.01. The molecule has 5 nitrogen and oxygen atoms in total. The number of carbonyl (C=O) groups excluding carboxylic acids is 1. The highest BCUT2D eigenvalue weighted by atomic mass is 16.5. The molecule has 1 aromatic rings. The zero-order valence-corrected chi connectivity index (χ0v) is 11.0. The summed E-state index contributed by atoms with van der Waals surface area (Å²) in [6.07, 6.45) is -0.348. The van der Waals surface area contributed by atoms with Crippen LogP contribution in [0, 0.1) is 0 Å². The minimum atomic E-state index is -1.57. The van der Waals surface area contributed by atoms with Crippen LogP contribution in [-0.4, -0.2) is 29.3 Å². The maximum atomic E-state index is 11.2. The monoisotopic (exact) mass is 266 g/mol. The van der Waals surface area contributed by atoms with Gasteiger partial charge in [-0.2, -0.15) is 0 Å². The van der Waals surface area contributed by atoms with Crippen LogP contribution in [0.5, 0.6) is 0 Å². The molecular formula is C14H18O5. The van der Waals surface area contributed by atoms with Gasteiger partial charge in [-0.05, 0) is 29.5 Å². The van der Waals surface area contributed by atoms with Crippen molar-refractivity contribution in [3.63, 3.8) is 0 Å². The smallest absolute Gasteiger partial charge is 0.337 e. The molecule has 0 aliphatic rings. The van der Waals surface area contributed by atoms with E-state index in [4.69, 9.17) is 5.11 Å². The Morgan fingerprint density at radius 3 is 2.58 bits per heavy atom. The van der Waals surface area contributed by atoms with Crippen molar-refractivity contribution in [1.82, 2.24) is 0 Å². The van der Waals surface area contributed by atoms with Crippen molar-refractivity contribution in [1.29, 1.82) is 0 Å². The van der Waals surface area contributed by atoms with E-state index in [2.05, 4.69) is 4.74 Å². The number of carboxylic acids is 1. The number of hydrogen-bond donors (Lipinski definition) is 2. The van der Waals surface area contributed by atoms with E-state index < -0.39 is 12.1 Å². The number of methoxy groups -OCH3 is 1. The third-order valence-electron chi connectivity index (χ3n) is 3.03. The van der Waals surface area contributed by atoms with Gasteiger partial charge in [-0.25, -0.2) is 4.79 Å². The molecular weight excluding hydrogens is 248 g/mol. The van der Waals surface area contributed by atoms with Gasteiger partial charge in [0.1, 0.15) is 0 Å². The summed E-state index contributed by atoms with van der Waals surface area (Å²) in [4.78, 5) is 22.1. The average molecular weight is 266 g/mol. The fraction of sp³-hybridized carbons (Fsp3) is 0.429. The molecule has 1 aromatic carbocycles. The lowest BCUT2D eigenvalue weighted by molar-refractivity contribution is -0.147. The summed E-state index contributed by atoms with van der Waals surface area (Å²) >= 11 is 0. The Labute approximate surface area is 111 Å². The van der Waals surface area contributed by atoms with Crippen LogP contribution in [0.3, 0.4) is 0 Å². The van der Waals surface area contributed by atoms with Crippen LogP contribution in [0.1, 0.15) is 36.1 Å². The van der Waals surface area contributed by atoms with Gasteiger partial charge >= 0.3 is 11.9 Å². The molecule has 5 heteroatoms. The van der Waals surface area contributed by atoms with E-state index in [1.54, 1.807) is 12.1 Å². The van der Waals surface area contributed by atoms with Crippen LogP contribution >= 0.6 is 0 Å². The number of carbonyl (C=O) groups is 2. The Hall–Kier alpha value is -1.88. The number of aryl methyl sites for hydroxylation is 1. The summed E-state index contributed by atoms with van der Waals surface area (Å²) in [6, 6.07) is 5.15. The number of benzene rings is 1. The van der Waals surface area contributed by atoms with Gasteiger partial charge in [0.15, 0.2) is 6.10 Å². The lowest BCUT2D eigenvalue weighted by Crippen LogP contribution is -2.15. The fourth-order valence-electron chi connectivity index (χ4n) is 2.01. The third kappa shape index (κ3) is 3.79. The number of esters is 1. The number of aliphatic carboxylic acids is 1. The number of aliphatic hydroxyl groups is 1. The molecule has 0 aromatic heterocycles. The van der Waals surface area contributed by atoms with Crippen LogP contribution in [0.4, 0.5) is 0 Å². The van der Waals surface area contributed by atoms with Crippen molar-refractivity contribution in [2.45, 2.75) is 32.3 Å². The summed E-state index contributed by atoms with van der Waals surface area (Å²) in [6.45, 7) is 1.94. The molecule has 1 unspecified atom stereocenters. The SMILES string of the molecule is CCc1cccc(C(O)C(=O)O)c1CCC(=O)OC. The molecule has 0 aliphatic carbocycles. The van der Waals surface area contributed by atoms with Gasteiger partial charge in [0.05, 0.1) is 7.11 Å². The molecule has 2 N–H and O–H groups in total. The molecule has 104 valence electrons. The molecule has 0 bridgehead atoms. The molecule has 19 heavy (non-hydrogen) atoms. The number of aliphatic hydroxyl groups excluding tert-OH is 1. The van der Waals surface area contributed by atoms with Gasteiger partial charge in [-0.1, -0.05) is 25.1 Å². The summed E-state index contributed by atoms with van der Waals surface area (Å²) in [7, 11) is 1.31. The Balaban J connectivity index is 3.09. The lowest BCUT2D eigenvalue weighted by Gasteiger charge is -2.15. The van der Waals surface area contributed by atoms with E-state index in [0.29, 0.717) is 24.0 Å². The van der Waals surface area contributed by atoms with Crippen molar-refractivity contribution in [3.8, 4) is 0 Å². The van der Waals surface area contributed by atoms with Crippen LogP contribution in [0.15, 0.2) is 18.2 Å². The first kappa shape index (κ1) is 15.2.